The molecule has 2 fully saturated rings. The van der Waals surface area contributed by atoms with E-state index in [9.17, 15) is 14.3 Å². The summed E-state index contributed by atoms with van der Waals surface area (Å²) in [7, 11) is 1.77. The number of amides is 1. The number of fused-ring (bicyclic) bond motifs is 2. The predicted octanol–water partition coefficient (Wildman–Crippen LogP) is 2.34. The van der Waals surface area contributed by atoms with Crippen molar-refractivity contribution in [2.75, 3.05) is 25.6 Å². The number of ether oxygens (including phenoxy) is 1. The molecule has 4 atom stereocenters. The average molecular weight is 480 g/mol. The second-order valence-electron chi connectivity index (χ2n) is 9.07. The number of nitrogens with one attached hydrogen (secondary N) is 2. The number of aliphatic hydroxyl groups excluding tert-OH is 1. The third kappa shape index (κ3) is 3.62. The van der Waals surface area contributed by atoms with Crippen LogP contribution in [0.2, 0.25) is 0 Å². The van der Waals surface area contributed by atoms with E-state index in [-0.39, 0.29) is 24.6 Å². The van der Waals surface area contributed by atoms with Crippen LogP contribution in [0.15, 0.2) is 36.8 Å². The second-order valence-corrected chi connectivity index (χ2v) is 9.07. The molecule has 5 heterocycles. The number of aromatic nitrogens is 5. The highest BCUT2D eigenvalue weighted by molar-refractivity contribution is 6.01. The van der Waals surface area contributed by atoms with Crippen LogP contribution in [0.4, 0.5) is 10.2 Å². The second kappa shape index (κ2) is 8.58. The summed E-state index contributed by atoms with van der Waals surface area (Å²) in [6.45, 7) is 0.551. The molecule has 4 aromatic heterocycles. The van der Waals surface area contributed by atoms with Gasteiger partial charge in [-0.15, -0.1) is 0 Å². The van der Waals surface area contributed by atoms with E-state index in [0.29, 0.717) is 47.8 Å². The lowest BCUT2D eigenvalue weighted by Gasteiger charge is -2.32. The lowest BCUT2D eigenvalue weighted by Crippen LogP contribution is -2.50. The molecule has 1 amide bonds. The minimum atomic E-state index is -1.13. The molecule has 182 valence electrons. The molecule has 1 saturated carbocycles. The lowest BCUT2D eigenvalue weighted by atomic mass is 9.89. The zero-order valence-electron chi connectivity index (χ0n) is 19.2. The van der Waals surface area contributed by atoms with E-state index in [1.807, 2.05) is 29.0 Å². The summed E-state index contributed by atoms with van der Waals surface area (Å²) in [5, 5.41) is 21.0. The molecule has 1 aliphatic heterocycles. The van der Waals surface area contributed by atoms with Gasteiger partial charge in [-0.05, 0) is 31.4 Å². The van der Waals surface area contributed by atoms with Crippen LogP contribution < -0.4 is 10.6 Å². The number of carbonyl (C=O) groups excluding carboxylic acids is 1. The molecule has 6 rings (SSSR count). The van der Waals surface area contributed by atoms with Gasteiger partial charge < -0.3 is 25.0 Å². The van der Waals surface area contributed by atoms with Gasteiger partial charge in [0.1, 0.15) is 23.2 Å². The van der Waals surface area contributed by atoms with Crippen LogP contribution >= 0.6 is 0 Å². The van der Waals surface area contributed by atoms with E-state index in [1.165, 1.54) is 6.20 Å². The Morgan fingerprint density at radius 1 is 1.29 bits per heavy atom. The van der Waals surface area contributed by atoms with Crippen molar-refractivity contribution in [3.8, 4) is 11.3 Å². The van der Waals surface area contributed by atoms with Crippen molar-refractivity contribution in [2.24, 2.45) is 0 Å². The fourth-order valence-electron chi connectivity index (χ4n) is 4.88. The minimum Gasteiger partial charge on any atom is -0.391 e. The number of pyridine rings is 1. The summed E-state index contributed by atoms with van der Waals surface area (Å²) in [6.07, 6.45) is 5.36. The van der Waals surface area contributed by atoms with Crippen LogP contribution in [-0.2, 0) is 4.74 Å². The van der Waals surface area contributed by atoms with Crippen LogP contribution in [0, 0.1) is 0 Å². The highest BCUT2D eigenvalue weighted by atomic mass is 19.1. The Morgan fingerprint density at radius 3 is 2.91 bits per heavy atom. The fraction of sp³-hybridized carbons (Fsp3) is 0.417. The number of anilines is 1. The van der Waals surface area contributed by atoms with E-state index in [2.05, 4.69) is 20.7 Å². The smallest absolute Gasteiger partial charge is 0.257 e. The largest absolute Gasteiger partial charge is 0.391 e. The molecule has 11 heteroatoms. The zero-order valence-corrected chi connectivity index (χ0v) is 19.2. The molecule has 3 N–H and O–H groups in total. The average Bonchev–Trinajstić information content (AvgIpc) is 3.48. The van der Waals surface area contributed by atoms with Gasteiger partial charge in [0.25, 0.3) is 5.91 Å². The maximum atomic E-state index is 14.8. The minimum absolute atomic E-state index is 0.0601. The zero-order chi connectivity index (χ0) is 24.1. The molecular formula is C24H26FN7O3. The van der Waals surface area contributed by atoms with Gasteiger partial charge in [-0.2, -0.15) is 9.61 Å². The molecule has 0 bridgehead atoms. The number of hydrogen-bond donors (Lipinski definition) is 3. The number of alkyl halides is 1. The summed E-state index contributed by atoms with van der Waals surface area (Å²) >= 11 is 0. The van der Waals surface area contributed by atoms with Crippen LogP contribution in [0.3, 0.4) is 0 Å². The first-order valence-corrected chi connectivity index (χ1v) is 11.8. The van der Waals surface area contributed by atoms with E-state index < -0.39 is 12.3 Å². The summed E-state index contributed by atoms with van der Waals surface area (Å²) in [5.41, 5.74) is 2.78. The van der Waals surface area contributed by atoms with Crippen LogP contribution in [0.5, 0.6) is 0 Å². The van der Waals surface area contributed by atoms with Gasteiger partial charge in [-0.3, -0.25) is 4.79 Å². The van der Waals surface area contributed by atoms with Crippen molar-refractivity contribution in [1.82, 2.24) is 29.5 Å². The molecule has 35 heavy (non-hydrogen) atoms. The summed E-state index contributed by atoms with van der Waals surface area (Å²) in [4.78, 5) is 22.3. The quantitative estimate of drug-likeness (QED) is 0.402. The number of nitrogens with zero attached hydrogens (tertiary/aromatic N) is 5. The fourth-order valence-corrected chi connectivity index (χ4v) is 4.88. The lowest BCUT2D eigenvalue weighted by molar-refractivity contribution is 0.00443. The number of rotatable bonds is 5. The first kappa shape index (κ1) is 21.9. The number of hydrogen-bond acceptors (Lipinski definition) is 7. The molecule has 0 aromatic carbocycles. The number of halogens is 1. The maximum Gasteiger partial charge on any atom is 0.257 e. The van der Waals surface area contributed by atoms with Crippen molar-refractivity contribution in [3.05, 3.63) is 42.4 Å². The van der Waals surface area contributed by atoms with Gasteiger partial charge in [0.2, 0.25) is 0 Å². The molecule has 0 radical (unpaired) electrons. The molecule has 1 saturated heterocycles. The molecule has 1 aliphatic carbocycles. The van der Waals surface area contributed by atoms with Gasteiger partial charge in [-0.1, -0.05) is 0 Å². The summed E-state index contributed by atoms with van der Waals surface area (Å²) in [6, 6.07) is 4.98. The predicted molar refractivity (Wildman–Crippen MR) is 127 cm³/mol. The monoisotopic (exact) mass is 479 g/mol. The number of aliphatic hydroxyl groups is 1. The van der Waals surface area contributed by atoms with Gasteiger partial charge in [0, 0.05) is 43.1 Å². The SMILES string of the molecule is CNc1cc(-c2cn([C@H]3CCOC[C@H]3F)c3ncccc23)nc2c(C(=O)NC3CCC3O)cnn12. The van der Waals surface area contributed by atoms with Gasteiger partial charge in [0.15, 0.2) is 5.65 Å². The van der Waals surface area contributed by atoms with Crippen LogP contribution in [0.1, 0.15) is 35.7 Å². The highest BCUT2D eigenvalue weighted by Gasteiger charge is 2.32. The van der Waals surface area contributed by atoms with Gasteiger partial charge >= 0.3 is 0 Å². The Hall–Kier alpha value is -3.57. The Bertz CT molecular complexity index is 1420. The van der Waals surface area contributed by atoms with Crippen molar-refractivity contribution in [3.63, 3.8) is 0 Å². The normalized spacial score (nSPS) is 24.4. The maximum absolute atomic E-state index is 14.8. The Labute approximate surface area is 200 Å². The number of carbonyl (C=O) groups is 1. The molecule has 10 nitrogen and oxygen atoms in total. The first-order chi connectivity index (χ1) is 17.0. The van der Waals surface area contributed by atoms with Crippen molar-refractivity contribution in [2.45, 2.75) is 43.6 Å². The molecule has 2 aliphatic rings. The van der Waals surface area contributed by atoms with Gasteiger partial charge in [-0.25, -0.2) is 14.4 Å². The molecule has 4 aromatic rings. The molecule has 2 unspecified atom stereocenters. The van der Waals surface area contributed by atoms with E-state index >= 15 is 0 Å². The topological polar surface area (TPSA) is 119 Å². The van der Waals surface area contributed by atoms with Gasteiger partial charge in [0.05, 0.1) is 36.7 Å². The van der Waals surface area contributed by atoms with E-state index in [0.717, 1.165) is 17.4 Å². The standard InChI is InChI=1S/C24H26FN7O3/c1-26-21-9-18(29-23-14(10-28-32(21)23)24(34)30-17-4-5-20(17)33)15-11-31(19-6-8-35-12-16(19)25)22-13(15)3-2-7-27-22/h2-3,7,9-11,16-17,19-20,26,33H,4-6,8,12H2,1H3,(H,30,34)/t16-,17?,19+,20?/m1/s1. The van der Waals surface area contributed by atoms with Crippen LogP contribution in [-0.4, -0.2) is 73.7 Å². The Balaban J connectivity index is 1.47. The van der Waals surface area contributed by atoms with E-state index in [1.54, 1.807) is 17.8 Å². The Morgan fingerprint density at radius 2 is 2.17 bits per heavy atom. The highest BCUT2D eigenvalue weighted by Crippen LogP contribution is 2.35. The van der Waals surface area contributed by atoms with E-state index in [4.69, 9.17) is 9.72 Å². The van der Waals surface area contributed by atoms with Crippen LogP contribution in [0.25, 0.3) is 27.9 Å². The van der Waals surface area contributed by atoms with Crippen molar-refractivity contribution < 1.29 is 19.0 Å². The summed E-state index contributed by atoms with van der Waals surface area (Å²) < 4.78 is 23.5. The molecule has 0 spiro atoms. The third-order valence-corrected chi connectivity index (χ3v) is 7.00. The first-order valence-electron chi connectivity index (χ1n) is 11.8. The summed E-state index contributed by atoms with van der Waals surface area (Å²) in [5.74, 6) is 0.314. The van der Waals surface area contributed by atoms with Crippen molar-refractivity contribution in [1.29, 1.82) is 0 Å². The van der Waals surface area contributed by atoms with Crippen molar-refractivity contribution >= 4 is 28.4 Å². The Kier molecular flexibility index (Phi) is 5.37. The third-order valence-electron chi connectivity index (χ3n) is 7.00. The molecular weight excluding hydrogens is 453 g/mol.